The number of allylic oxidation sites excluding steroid dienone is 19. The van der Waals surface area contributed by atoms with Gasteiger partial charge in [0.25, 0.3) is 0 Å². The molecule has 13 heteroatoms. The number of aliphatic carboxylic acids is 1. The maximum absolute atomic E-state index is 12.6. The van der Waals surface area contributed by atoms with Crippen LogP contribution >= 0.6 is 7.82 Å². The maximum atomic E-state index is 12.6. The van der Waals surface area contributed by atoms with Gasteiger partial charge in [-0.05, 0) is 83.5 Å². The van der Waals surface area contributed by atoms with Crippen LogP contribution in [0.1, 0.15) is 110 Å². The van der Waals surface area contributed by atoms with Crippen LogP contribution in [0, 0.1) is 0 Å². The van der Waals surface area contributed by atoms with Crippen molar-refractivity contribution in [1.29, 1.82) is 0 Å². The molecule has 0 radical (unpaired) electrons. The van der Waals surface area contributed by atoms with Gasteiger partial charge in [0.05, 0.1) is 19.3 Å². The summed E-state index contributed by atoms with van der Waals surface area (Å²) in [6.07, 6.45) is 48.8. The van der Waals surface area contributed by atoms with Gasteiger partial charge < -0.3 is 30.3 Å². The van der Waals surface area contributed by atoms with Gasteiger partial charge in [0.15, 0.2) is 6.10 Å². The zero-order chi connectivity index (χ0) is 43.7. The zero-order valence-electron chi connectivity index (χ0n) is 35.1. The second kappa shape index (κ2) is 39.3. The number of phosphoric acid groups is 1. The van der Waals surface area contributed by atoms with Crippen LogP contribution in [0.4, 0.5) is 0 Å². The van der Waals surface area contributed by atoms with E-state index in [9.17, 15) is 28.9 Å². The predicted octanol–water partition coefficient (Wildman–Crippen LogP) is 9.80. The molecule has 2 unspecified atom stereocenters. The number of rotatable bonds is 36. The van der Waals surface area contributed by atoms with Crippen LogP contribution in [0.3, 0.4) is 0 Å². The van der Waals surface area contributed by atoms with Gasteiger partial charge in [0.2, 0.25) is 0 Å². The van der Waals surface area contributed by atoms with Gasteiger partial charge >= 0.3 is 25.7 Å². The number of carboxylic acids is 1. The van der Waals surface area contributed by atoms with E-state index in [1.165, 1.54) is 0 Å². The maximum Gasteiger partial charge on any atom is 0.472 e. The number of carbonyl (C=O) groups excluding carboxylic acids is 2. The molecule has 0 saturated heterocycles. The first-order chi connectivity index (χ1) is 28.5. The summed E-state index contributed by atoms with van der Waals surface area (Å²) >= 11 is 0. The molecule has 0 aromatic carbocycles. The van der Waals surface area contributed by atoms with Crippen molar-refractivity contribution in [1.82, 2.24) is 0 Å². The van der Waals surface area contributed by atoms with Crippen molar-refractivity contribution in [2.45, 2.75) is 128 Å². The van der Waals surface area contributed by atoms with Crippen molar-refractivity contribution >= 4 is 25.7 Å². The first kappa shape index (κ1) is 54.8. The van der Waals surface area contributed by atoms with Gasteiger partial charge in [0, 0.05) is 12.8 Å². The highest BCUT2D eigenvalue weighted by atomic mass is 31.2. The number of carbonyl (C=O) groups is 3. The van der Waals surface area contributed by atoms with Crippen molar-refractivity contribution in [3.05, 3.63) is 122 Å². The lowest BCUT2D eigenvalue weighted by Gasteiger charge is -2.20. The summed E-state index contributed by atoms with van der Waals surface area (Å²) in [6.45, 7) is 2.28. The molecule has 0 aromatic rings. The molecule has 0 rings (SSSR count). The number of aliphatic hydroxyl groups excluding tert-OH is 1. The molecule has 4 atom stereocenters. The predicted molar refractivity (Wildman–Crippen MR) is 236 cm³/mol. The monoisotopic (exact) mass is 843 g/mol. The van der Waals surface area contributed by atoms with Crippen LogP contribution in [0.25, 0.3) is 0 Å². The molecule has 330 valence electrons. The molecule has 59 heavy (non-hydrogen) atoms. The third-order valence-corrected chi connectivity index (χ3v) is 8.76. The Morgan fingerprint density at radius 1 is 0.610 bits per heavy atom. The number of hydrogen-bond acceptors (Lipinski definition) is 10. The second-order valence-electron chi connectivity index (χ2n) is 13.2. The highest BCUT2D eigenvalue weighted by Gasteiger charge is 2.28. The molecule has 0 aliphatic heterocycles. The Morgan fingerprint density at radius 2 is 1.07 bits per heavy atom. The Bertz CT molecular complexity index is 1470. The number of unbranched alkanes of at least 4 members (excludes halogenated alkanes) is 1. The molecular formula is C46H70NO11P. The van der Waals surface area contributed by atoms with Crippen molar-refractivity contribution in [2.75, 3.05) is 19.8 Å². The zero-order valence-corrected chi connectivity index (χ0v) is 36.0. The quantitative estimate of drug-likeness (QED) is 0.0154. The van der Waals surface area contributed by atoms with E-state index < -0.39 is 63.8 Å². The Balaban J connectivity index is 4.72. The van der Waals surface area contributed by atoms with Crippen LogP contribution in [0.5, 0.6) is 0 Å². The molecule has 5 N–H and O–H groups in total. The molecule has 0 aliphatic rings. The molecule has 0 bridgehead atoms. The highest BCUT2D eigenvalue weighted by molar-refractivity contribution is 7.47. The molecule has 0 aromatic heterocycles. The average molecular weight is 844 g/mol. The van der Waals surface area contributed by atoms with Gasteiger partial charge in [-0.1, -0.05) is 135 Å². The van der Waals surface area contributed by atoms with Gasteiger partial charge in [-0.3, -0.25) is 23.4 Å². The van der Waals surface area contributed by atoms with E-state index in [1.807, 2.05) is 24.3 Å². The minimum Gasteiger partial charge on any atom is -0.480 e. The van der Waals surface area contributed by atoms with Crippen molar-refractivity contribution < 1.29 is 52.6 Å². The largest absolute Gasteiger partial charge is 0.480 e. The summed E-state index contributed by atoms with van der Waals surface area (Å²) in [5.41, 5.74) is 5.31. The van der Waals surface area contributed by atoms with E-state index in [-0.39, 0.29) is 25.7 Å². The summed E-state index contributed by atoms with van der Waals surface area (Å²) < 4.78 is 32.4. The number of hydrogen-bond donors (Lipinski definition) is 4. The Morgan fingerprint density at radius 3 is 1.58 bits per heavy atom. The number of carboxylic acid groups (broad SMARTS) is 1. The van der Waals surface area contributed by atoms with Gasteiger partial charge in [-0.15, -0.1) is 0 Å². The molecule has 0 saturated carbocycles. The van der Waals surface area contributed by atoms with E-state index in [0.29, 0.717) is 12.8 Å². The Hall–Kier alpha value is -4.16. The van der Waals surface area contributed by atoms with Gasteiger partial charge in [0.1, 0.15) is 12.6 Å². The fourth-order valence-electron chi connectivity index (χ4n) is 4.60. The van der Waals surface area contributed by atoms with Crippen molar-refractivity contribution in [3.8, 4) is 0 Å². The van der Waals surface area contributed by atoms with E-state index >= 15 is 0 Å². The molecule has 0 fully saturated rings. The Labute approximate surface area is 352 Å². The number of aliphatic hydroxyl groups is 1. The summed E-state index contributed by atoms with van der Waals surface area (Å²) in [5, 5.41) is 19.2. The summed E-state index contributed by atoms with van der Waals surface area (Å²) in [7, 11) is -4.79. The molecule has 0 amide bonds. The molecule has 0 heterocycles. The normalized spacial score (nSPS) is 15.5. The van der Waals surface area contributed by atoms with Crippen molar-refractivity contribution in [2.24, 2.45) is 5.73 Å². The number of nitrogens with two attached hydrogens (primary N) is 1. The Kier molecular flexibility index (Phi) is 36.5. The van der Waals surface area contributed by atoms with Crippen LogP contribution in [-0.2, 0) is 37.5 Å². The van der Waals surface area contributed by atoms with Crippen LogP contribution < -0.4 is 5.73 Å². The average Bonchev–Trinajstić information content (AvgIpc) is 3.20. The number of phosphoric ester groups is 1. The van der Waals surface area contributed by atoms with E-state index in [2.05, 4.69) is 103 Å². The smallest absolute Gasteiger partial charge is 0.472 e. The van der Waals surface area contributed by atoms with Crippen LogP contribution in [0.15, 0.2) is 122 Å². The third-order valence-electron chi connectivity index (χ3n) is 7.81. The standard InChI is InChI=1S/C46H70NO11P/c1-3-5-7-9-11-13-15-17-18-19-20-22-24-26-28-30-32-36-44(49)55-38-42(39-56-59(53,54)57-40-43(47)46(51)52)58-45(50)37-33-35-41(48)34-31-29-27-25-23-21-16-14-12-10-8-6-4-2/h5-8,11-14,17-18,20-23,26-29,31,34,41-43,48H,3-4,9-10,15-16,19,24-25,30,32-33,35-40,47H2,1-2H3,(H,51,52)(H,53,54)/b7-5-,8-6-,13-11-,14-12-,18-17-,22-20-,23-21-,28-26-,29-27-,34-31+/t41?,42-,43+/m1/s1. The van der Waals surface area contributed by atoms with E-state index in [4.69, 9.17) is 24.8 Å². The summed E-state index contributed by atoms with van der Waals surface area (Å²) in [4.78, 5) is 45.9. The lowest BCUT2D eigenvalue weighted by atomic mass is 10.1. The van der Waals surface area contributed by atoms with E-state index in [0.717, 1.165) is 57.8 Å². The fourth-order valence-corrected chi connectivity index (χ4v) is 5.38. The molecule has 0 aliphatic carbocycles. The van der Waals surface area contributed by atoms with Crippen LogP contribution in [-0.4, -0.2) is 71.1 Å². The van der Waals surface area contributed by atoms with Gasteiger partial charge in [-0.25, -0.2) is 4.57 Å². The summed E-state index contributed by atoms with van der Waals surface area (Å²) in [6, 6.07) is -1.57. The fraction of sp³-hybridized carbons (Fsp3) is 0.500. The first-order valence-corrected chi connectivity index (χ1v) is 22.2. The van der Waals surface area contributed by atoms with Gasteiger partial charge in [-0.2, -0.15) is 0 Å². The lowest BCUT2D eigenvalue weighted by Crippen LogP contribution is -2.34. The number of ether oxygens (including phenoxy) is 2. The third kappa shape index (κ3) is 39.1. The molecule has 12 nitrogen and oxygen atoms in total. The highest BCUT2D eigenvalue weighted by Crippen LogP contribution is 2.43. The second-order valence-corrected chi connectivity index (χ2v) is 14.7. The SMILES string of the molecule is CC/C=C\C/C=C\C/C=C\C/C=C\C=C\C(O)CCCC(=O)O[C@H](COC(=O)CCC/C=C\C/C=C\C/C=C\C/C=C\C/C=C\CC)COP(=O)(O)OC[C@H](N)C(=O)O. The lowest BCUT2D eigenvalue weighted by molar-refractivity contribution is -0.161. The topological polar surface area (TPSA) is 192 Å². The number of esters is 2. The van der Waals surface area contributed by atoms with Crippen molar-refractivity contribution in [3.63, 3.8) is 0 Å². The minimum absolute atomic E-state index is 0.0900. The van der Waals surface area contributed by atoms with E-state index in [1.54, 1.807) is 12.2 Å². The minimum atomic E-state index is -4.79. The first-order valence-electron chi connectivity index (χ1n) is 20.7. The molecule has 0 spiro atoms. The summed E-state index contributed by atoms with van der Waals surface area (Å²) in [5.74, 6) is -2.71. The van der Waals surface area contributed by atoms with Crippen LogP contribution in [0.2, 0.25) is 0 Å². The molecular weight excluding hydrogens is 773 g/mol.